The minimum atomic E-state index is -3.75. The molecular formula is C56H39NSi. The fourth-order valence-corrected chi connectivity index (χ4v) is 15.4. The van der Waals surface area contributed by atoms with Gasteiger partial charge in [-0.3, -0.25) is 0 Å². The lowest BCUT2D eigenvalue weighted by Crippen LogP contribution is -2.75. The average Bonchev–Trinajstić information content (AvgIpc) is 3.68. The number of hydrogen-bond acceptors (Lipinski definition) is 0. The van der Waals surface area contributed by atoms with Gasteiger partial charge >= 0.3 is 0 Å². The summed E-state index contributed by atoms with van der Waals surface area (Å²) in [5, 5.41) is 5.75. The zero-order valence-corrected chi connectivity index (χ0v) is 32.6. The summed E-state index contributed by atoms with van der Waals surface area (Å²) >= 11 is 0. The predicted molar refractivity (Wildman–Crippen MR) is 245 cm³/mol. The quantitative estimate of drug-likeness (QED) is 0.118. The molecule has 58 heavy (non-hydrogen) atoms. The van der Waals surface area contributed by atoms with E-state index in [1.54, 1.807) is 0 Å². The van der Waals surface area contributed by atoms with E-state index in [1.165, 1.54) is 44.2 Å². The molecule has 3 aliphatic rings. The van der Waals surface area contributed by atoms with Gasteiger partial charge in [0.1, 0.15) is 0 Å². The van der Waals surface area contributed by atoms with Crippen molar-refractivity contribution in [2.45, 2.75) is 11.8 Å². The van der Waals surface area contributed by atoms with E-state index in [1.807, 2.05) is 36.4 Å². The van der Waals surface area contributed by atoms with E-state index in [0.29, 0.717) is 5.19 Å². The van der Waals surface area contributed by atoms with Crippen molar-refractivity contribution in [2.24, 2.45) is 0 Å². The van der Waals surface area contributed by atoms with Crippen molar-refractivity contribution >= 4 is 50.6 Å². The van der Waals surface area contributed by atoms with Crippen molar-refractivity contribution in [3.63, 3.8) is 0 Å². The first kappa shape index (κ1) is 28.4. The second-order valence-corrected chi connectivity index (χ2v) is 19.2. The van der Waals surface area contributed by atoms with Crippen LogP contribution in [0.4, 0.5) is 0 Å². The van der Waals surface area contributed by atoms with E-state index in [0.717, 1.165) is 43.4 Å². The molecule has 2 atom stereocenters. The van der Waals surface area contributed by atoms with E-state index in [2.05, 4.69) is 162 Å². The standard InChI is InChI=1S/C56H39NSi/c1-4-20-38(21-5-1)58(39-22-6-2-7-23-39,40-24-8-3-9-25-40)52-37-19-33-48-53-45-29-10-11-30-46(45)56(55(48)52)54-44(31-18-32-47(53)54)43-28-14-17-36-51(43)57-49-34-15-12-26-41(49)42-27-13-16-35-50(42)57/h1-37,53,56H/i1D,4D,5D,20D,21D. The Kier molecular flexibility index (Phi) is 6.38. The smallest absolute Gasteiger partial charge is 0.179 e. The van der Waals surface area contributed by atoms with Crippen LogP contribution in [0.5, 0.6) is 0 Å². The van der Waals surface area contributed by atoms with Crippen molar-refractivity contribution in [3.05, 3.63) is 258 Å². The first-order valence-electron chi connectivity index (χ1n) is 22.5. The van der Waals surface area contributed by atoms with Crippen molar-refractivity contribution in [1.29, 1.82) is 0 Å². The molecular weight excluding hydrogens is 715 g/mol. The van der Waals surface area contributed by atoms with Crippen LogP contribution >= 0.6 is 0 Å². The van der Waals surface area contributed by atoms with E-state index in [4.69, 9.17) is 4.11 Å². The molecule has 0 amide bonds. The Morgan fingerprint density at radius 3 is 1.55 bits per heavy atom. The Morgan fingerprint density at radius 2 is 0.879 bits per heavy atom. The molecule has 0 fully saturated rings. The molecule has 1 heterocycles. The second-order valence-electron chi connectivity index (χ2n) is 15.5. The van der Waals surface area contributed by atoms with Crippen LogP contribution in [-0.4, -0.2) is 12.6 Å². The van der Waals surface area contributed by atoms with Gasteiger partial charge in [0.15, 0.2) is 8.07 Å². The molecule has 2 bridgehead atoms. The van der Waals surface area contributed by atoms with Crippen LogP contribution in [0.25, 0.3) is 38.6 Å². The highest BCUT2D eigenvalue weighted by Gasteiger charge is 2.49. The van der Waals surface area contributed by atoms with Gasteiger partial charge in [-0.2, -0.15) is 0 Å². The van der Waals surface area contributed by atoms with E-state index in [-0.39, 0.29) is 42.0 Å². The molecule has 0 aliphatic heterocycles. The topological polar surface area (TPSA) is 4.93 Å². The highest BCUT2D eigenvalue weighted by atomic mass is 28.3. The first-order valence-corrected chi connectivity index (χ1v) is 22.0. The van der Waals surface area contributed by atoms with E-state index >= 15 is 0 Å². The van der Waals surface area contributed by atoms with Crippen LogP contribution in [-0.2, 0) is 0 Å². The maximum absolute atomic E-state index is 9.73. The molecule has 1 nitrogen and oxygen atoms in total. The van der Waals surface area contributed by atoms with Gasteiger partial charge in [0.25, 0.3) is 0 Å². The normalized spacial score (nSPS) is 16.4. The molecule has 9 aromatic carbocycles. The fraction of sp³-hybridized carbons (Fsp3) is 0.0357. The van der Waals surface area contributed by atoms with E-state index in [9.17, 15) is 2.74 Å². The summed E-state index contributed by atoms with van der Waals surface area (Å²) in [5.74, 6) is -0.311. The van der Waals surface area contributed by atoms with Crippen molar-refractivity contribution in [3.8, 4) is 16.8 Å². The lowest BCUT2D eigenvalue weighted by atomic mass is 9.60. The molecule has 0 saturated heterocycles. The molecule has 0 N–H and O–H groups in total. The third-order valence-corrected chi connectivity index (χ3v) is 17.4. The zero-order chi connectivity index (χ0) is 42.6. The summed E-state index contributed by atoms with van der Waals surface area (Å²) < 4.78 is 48.8. The van der Waals surface area contributed by atoms with Crippen LogP contribution in [0.2, 0.25) is 0 Å². The molecule has 1 aromatic heterocycles. The monoisotopic (exact) mass is 758 g/mol. The number of benzene rings is 9. The van der Waals surface area contributed by atoms with Gasteiger partial charge in [0, 0.05) is 28.2 Å². The van der Waals surface area contributed by atoms with Crippen molar-refractivity contribution < 1.29 is 6.85 Å². The minimum absolute atomic E-state index is 0.0882. The fourth-order valence-electron chi connectivity index (χ4n) is 10.7. The number of para-hydroxylation sites is 3. The third-order valence-electron chi connectivity index (χ3n) is 12.8. The highest BCUT2D eigenvalue weighted by Crippen LogP contribution is 2.58. The van der Waals surface area contributed by atoms with Gasteiger partial charge < -0.3 is 4.57 Å². The van der Waals surface area contributed by atoms with E-state index < -0.39 is 8.07 Å². The van der Waals surface area contributed by atoms with Crippen LogP contribution in [0.15, 0.2) is 224 Å². The molecule has 10 aromatic rings. The Hall–Kier alpha value is -7.00. The summed E-state index contributed by atoms with van der Waals surface area (Å²) in [5.41, 5.74) is 13.1. The molecule has 13 rings (SSSR count). The maximum atomic E-state index is 9.73. The Bertz CT molecular complexity index is 3370. The van der Waals surface area contributed by atoms with Crippen LogP contribution in [0.1, 0.15) is 52.1 Å². The molecule has 0 radical (unpaired) electrons. The number of hydrogen-bond donors (Lipinski definition) is 0. The Balaban J connectivity index is 1.21. The predicted octanol–water partition coefficient (Wildman–Crippen LogP) is 10.8. The number of fused-ring (bicyclic) bond motifs is 3. The van der Waals surface area contributed by atoms with Crippen LogP contribution in [0.3, 0.4) is 0 Å². The summed E-state index contributed by atoms with van der Waals surface area (Å²) in [6.45, 7) is 0. The largest absolute Gasteiger partial charge is 0.309 e. The lowest BCUT2D eigenvalue weighted by Gasteiger charge is -2.47. The summed E-state index contributed by atoms with van der Waals surface area (Å²) in [7, 11) is -3.75. The average molecular weight is 759 g/mol. The molecule has 3 aliphatic carbocycles. The van der Waals surface area contributed by atoms with Gasteiger partial charge in [-0.1, -0.05) is 206 Å². The maximum Gasteiger partial charge on any atom is 0.179 e. The van der Waals surface area contributed by atoms with Crippen molar-refractivity contribution in [2.75, 3.05) is 0 Å². The number of nitrogens with zero attached hydrogens (tertiary/aromatic N) is 1. The SMILES string of the molecule is [2H]c1c([2H])c([2H])c([Si](c2ccccc2)(c2ccccc2)c2cccc3c2C2c4ccccc4C3c3cccc(-c4ccccc4-n4c5ccccc5c5ccccc54)c32)c([2H])c1[2H]. The summed E-state index contributed by atoms with van der Waals surface area (Å²) in [6, 6.07) is 67.5. The third kappa shape index (κ3) is 4.58. The van der Waals surface area contributed by atoms with Gasteiger partial charge in [-0.15, -0.1) is 0 Å². The Morgan fingerprint density at radius 1 is 0.379 bits per heavy atom. The number of aromatic nitrogens is 1. The number of rotatable bonds is 6. The summed E-state index contributed by atoms with van der Waals surface area (Å²) in [4.78, 5) is 0. The Labute approximate surface area is 347 Å². The van der Waals surface area contributed by atoms with Gasteiger partial charge in [-0.25, -0.2) is 0 Å². The van der Waals surface area contributed by atoms with Gasteiger partial charge in [0.2, 0.25) is 0 Å². The minimum Gasteiger partial charge on any atom is -0.309 e. The molecule has 272 valence electrons. The van der Waals surface area contributed by atoms with Gasteiger partial charge in [0.05, 0.1) is 23.6 Å². The summed E-state index contributed by atoms with van der Waals surface area (Å²) in [6.07, 6.45) is 0. The van der Waals surface area contributed by atoms with Crippen molar-refractivity contribution in [1.82, 2.24) is 4.57 Å². The second kappa shape index (κ2) is 13.0. The molecule has 2 heteroatoms. The zero-order valence-electron chi connectivity index (χ0n) is 36.6. The first-order chi connectivity index (χ1) is 30.9. The highest BCUT2D eigenvalue weighted by molar-refractivity contribution is 7.20. The molecule has 2 unspecified atom stereocenters. The molecule has 0 saturated carbocycles. The lowest BCUT2D eigenvalue weighted by molar-refractivity contribution is 0.760. The van der Waals surface area contributed by atoms with Crippen LogP contribution < -0.4 is 20.7 Å². The van der Waals surface area contributed by atoms with Gasteiger partial charge in [-0.05, 0) is 77.9 Å². The van der Waals surface area contributed by atoms with Crippen LogP contribution in [0, 0.1) is 0 Å². The molecule has 0 spiro atoms.